The first kappa shape index (κ1) is 56.3. The van der Waals surface area contributed by atoms with Crippen molar-refractivity contribution in [1.29, 1.82) is 0 Å². The number of aromatic amines is 1. The molecule has 2 aromatic carbocycles. The van der Waals surface area contributed by atoms with E-state index in [1.54, 1.807) is 30.5 Å². The maximum absolute atomic E-state index is 15.2. The number of nitrogens with one attached hydrogen (secondary N) is 8. The van der Waals surface area contributed by atoms with E-state index in [0.29, 0.717) is 55.1 Å². The first-order valence-corrected chi connectivity index (χ1v) is 26.7. The minimum absolute atomic E-state index is 0.00631. The molecule has 402 valence electrons. The van der Waals surface area contributed by atoms with Crippen LogP contribution in [-0.4, -0.2) is 107 Å². The quantitative estimate of drug-likeness (QED) is 0.0637. The minimum atomic E-state index is -1.54. The van der Waals surface area contributed by atoms with Gasteiger partial charge in [0.15, 0.2) is 5.96 Å². The van der Waals surface area contributed by atoms with Gasteiger partial charge in [0.2, 0.25) is 47.3 Å². The lowest BCUT2D eigenvalue weighted by molar-refractivity contribution is -0.140. The van der Waals surface area contributed by atoms with Crippen LogP contribution in [0.3, 0.4) is 0 Å². The summed E-state index contributed by atoms with van der Waals surface area (Å²) in [4.78, 5) is 121. The van der Waals surface area contributed by atoms with Gasteiger partial charge in [0.1, 0.15) is 35.7 Å². The number of nitrogens with zero attached hydrogens (tertiary/aromatic N) is 1. The number of aliphatic imine (C=N–C) groups is 1. The normalized spacial score (nSPS) is 25.6. The molecule has 5 atom stereocenters. The smallest absolute Gasteiger partial charge is 0.246 e. The van der Waals surface area contributed by atoms with Crippen LogP contribution in [0, 0.1) is 11.8 Å². The highest BCUT2D eigenvalue weighted by Gasteiger charge is 2.47. The Hall–Kier alpha value is -6.99. The molecule has 1 aromatic heterocycles. The summed E-state index contributed by atoms with van der Waals surface area (Å²) in [6.07, 6.45) is 11.1. The van der Waals surface area contributed by atoms with Crippen molar-refractivity contribution in [3.8, 4) is 0 Å². The van der Waals surface area contributed by atoms with Crippen molar-refractivity contribution < 1.29 is 38.4 Å². The lowest BCUT2D eigenvalue weighted by atomic mass is 9.68. The van der Waals surface area contributed by atoms with Crippen LogP contribution in [0.25, 0.3) is 10.9 Å². The third kappa shape index (κ3) is 16.5. The van der Waals surface area contributed by atoms with E-state index in [1.807, 2.05) is 37.3 Å². The Morgan fingerprint density at radius 1 is 0.703 bits per heavy atom. The molecule has 74 heavy (non-hydrogen) atoms. The summed E-state index contributed by atoms with van der Waals surface area (Å²) in [5, 5.41) is 20.9. The molecule has 20 heteroatoms. The number of rotatable bonds is 14. The SMILES string of the molecule is CCCCC(=O)NC1CC(=O)NCCCCC(C(N)=O)NC(=O)C(Cc2c[nH]c3ccccc23)NC(=O)C(CCCN=C(N)N)NC(=O)C(Cc2ccccc2)NC(=O)C2(CCC(C3CCCCC3)CC2)NC1=O. The highest BCUT2D eigenvalue weighted by molar-refractivity contribution is 6.00. The summed E-state index contributed by atoms with van der Waals surface area (Å²) in [6, 6.07) is 10.1. The molecule has 2 aliphatic carbocycles. The van der Waals surface area contributed by atoms with E-state index in [-0.39, 0.29) is 70.4 Å². The van der Waals surface area contributed by atoms with Crippen molar-refractivity contribution in [2.45, 2.75) is 171 Å². The molecular weight excluding hydrogens is 945 g/mol. The molecule has 1 spiro atoms. The third-order valence-electron chi connectivity index (χ3n) is 14.9. The molecule has 5 unspecified atom stereocenters. The van der Waals surface area contributed by atoms with Crippen LogP contribution < -0.4 is 54.4 Å². The fraction of sp³-hybridized carbons (Fsp3) is 0.574. The number of hydrogen-bond donors (Lipinski definition) is 11. The summed E-state index contributed by atoms with van der Waals surface area (Å²) in [5.74, 6) is -4.59. The van der Waals surface area contributed by atoms with Gasteiger partial charge < -0.3 is 59.4 Å². The van der Waals surface area contributed by atoms with E-state index in [0.717, 1.165) is 43.0 Å². The van der Waals surface area contributed by atoms with Crippen molar-refractivity contribution in [3.63, 3.8) is 0 Å². The number of guanidine groups is 1. The number of carbonyl (C=O) groups is 8. The maximum atomic E-state index is 15.2. The van der Waals surface area contributed by atoms with Crippen molar-refractivity contribution in [1.82, 2.24) is 42.2 Å². The molecular formula is C54H78N12O8. The molecule has 3 aliphatic rings. The van der Waals surface area contributed by atoms with Crippen LogP contribution in [0.2, 0.25) is 0 Å². The Balaban J connectivity index is 1.38. The standard InChI is InChI=1S/C54H78N12O8/c1-2-3-23-45(67)61-44-32-46(68)58-28-13-12-21-40(47(55)69)62-50(72)43(31-37-33-60-39-20-11-10-19-38(37)39)64-48(70)41(22-14-29-59-53(56)57)63-49(71)42(30-34-15-6-4-7-16-34)65-52(74)54(66-51(44)73)26-24-36(25-27-54)35-17-8-5-9-18-35/h4,6-7,10-11,15-16,19-20,33,35-36,40-44,60H,2-3,5,8-9,12-14,17-18,21-32H2,1H3,(H2,55,69)(H,58,68)(H,61,67)(H,62,72)(H,63,71)(H,64,70)(H,65,74)(H,66,73)(H4,56,57,59). The summed E-state index contributed by atoms with van der Waals surface area (Å²) in [5.41, 5.74) is 17.7. The minimum Gasteiger partial charge on any atom is -0.370 e. The van der Waals surface area contributed by atoms with Gasteiger partial charge in [-0.25, -0.2) is 0 Å². The van der Waals surface area contributed by atoms with Crippen LogP contribution in [0.15, 0.2) is 65.8 Å². The Morgan fingerprint density at radius 3 is 2.07 bits per heavy atom. The van der Waals surface area contributed by atoms with E-state index >= 15 is 4.79 Å². The molecule has 3 aromatic rings. The van der Waals surface area contributed by atoms with Gasteiger partial charge in [0.25, 0.3) is 0 Å². The summed E-state index contributed by atoms with van der Waals surface area (Å²) in [6.45, 7) is 2.18. The lowest BCUT2D eigenvalue weighted by Gasteiger charge is -2.43. The van der Waals surface area contributed by atoms with E-state index in [1.165, 1.54) is 6.42 Å². The van der Waals surface area contributed by atoms with Crippen molar-refractivity contribution in [2.24, 2.45) is 34.0 Å². The van der Waals surface area contributed by atoms with Crippen LogP contribution in [0.4, 0.5) is 0 Å². The lowest BCUT2D eigenvalue weighted by Crippen LogP contribution is -2.66. The second kappa shape index (κ2) is 27.9. The topological polar surface area (TPSA) is 327 Å². The predicted molar refractivity (Wildman–Crippen MR) is 281 cm³/mol. The number of fused-ring (bicyclic) bond motifs is 1. The monoisotopic (exact) mass is 1020 g/mol. The summed E-state index contributed by atoms with van der Waals surface area (Å²) in [7, 11) is 0. The zero-order valence-electron chi connectivity index (χ0n) is 42.8. The fourth-order valence-electron chi connectivity index (χ4n) is 10.7. The van der Waals surface area contributed by atoms with Gasteiger partial charge in [0.05, 0.1) is 6.42 Å². The number of para-hydroxylation sites is 1. The number of benzene rings is 2. The van der Waals surface area contributed by atoms with Crippen molar-refractivity contribution in [2.75, 3.05) is 13.1 Å². The first-order chi connectivity index (χ1) is 35.6. The van der Waals surface area contributed by atoms with Crippen molar-refractivity contribution in [3.05, 3.63) is 71.9 Å². The van der Waals surface area contributed by atoms with Crippen LogP contribution in [0.1, 0.15) is 134 Å². The average Bonchev–Trinajstić information content (AvgIpc) is 3.80. The number of aromatic nitrogens is 1. The number of nitrogens with two attached hydrogens (primary N) is 3. The second-order valence-electron chi connectivity index (χ2n) is 20.4. The number of H-pyrrole nitrogens is 1. The van der Waals surface area contributed by atoms with Crippen LogP contribution >= 0.6 is 0 Å². The molecule has 14 N–H and O–H groups in total. The molecule has 2 heterocycles. The van der Waals surface area contributed by atoms with Crippen LogP contribution in [0.5, 0.6) is 0 Å². The van der Waals surface area contributed by atoms with Crippen molar-refractivity contribution >= 4 is 64.1 Å². The van der Waals surface area contributed by atoms with Gasteiger partial charge in [-0.15, -0.1) is 0 Å². The largest absolute Gasteiger partial charge is 0.370 e. The van der Waals surface area contributed by atoms with Gasteiger partial charge >= 0.3 is 0 Å². The number of carbonyl (C=O) groups excluding carboxylic acids is 8. The summed E-state index contributed by atoms with van der Waals surface area (Å²) >= 11 is 0. The molecule has 6 rings (SSSR count). The Kier molecular flexibility index (Phi) is 21.2. The molecule has 8 amide bonds. The third-order valence-corrected chi connectivity index (χ3v) is 14.9. The predicted octanol–water partition coefficient (Wildman–Crippen LogP) is 2.42. The molecule has 0 radical (unpaired) electrons. The Morgan fingerprint density at radius 2 is 1.35 bits per heavy atom. The van der Waals surface area contributed by atoms with E-state index in [9.17, 15) is 33.6 Å². The Bertz CT molecular complexity index is 2430. The highest BCUT2D eigenvalue weighted by Crippen LogP contribution is 2.42. The summed E-state index contributed by atoms with van der Waals surface area (Å²) < 4.78 is 0. The van der Waals surface area contributed by atoms with Gasteiger partial charge in [0, 0.05) is 49.5 Å². The van der Waals surface area contributed by atoms with E-state index in [2.05, 4.69) is 47.2 Å². The van der Waals surface area contributed by atoms with Gasteiger partial charge in [-0.3, -0.25) is 43.3 Å². The zero-order chi connectivity index (χ0) is 53.0. The molecule has 1 saturated heterocycles. The van der Waals surface area contributed by atoms with Gasteiger partial charge in [-0.05, 0) is 93.2 Å². The fourth-order valence-corrected chi connectivity index (χ4v) is 10.7. The zero-order valence-corrected chi connectivity index (χ0v) is 42.8. The first-order valence-electron chi connectivity index (χ1n) is 26.7. The number of unbranched alkanes of at least 4 members (excludes halogenated alkanes) is 1. The highest BCUT2D eigenvalue weighted by atomic mass is 16.2. The molecule has 0 bridgehead atoms. The molecule has 2 saturated carbocycles. The molecule has 1 aliphatic heterocycles. The van der Waals surface area contributed by atoms with E-state index < -0.39 is 89.4 Å². The molecule has 20 nitrogen and oxygen atoms in total. The maximum Gasteiger partial charge on any atom is 0.246 e. The average molecular weight is 1020 g/mol. The van der Waals surface area contributed by atoms with Gasteiger partial charge in [-0.2, -0.15) is 0 Å². The van der Waals surface area contributed by atoms with E-state index in [4.69, 9.17) is 17.2 Å². The number of amides is 8. The molecule has 3 fully saturated rings. The Labute approximate surface area is 433 Å². The second-order valence-corrected chi connectivity index (χ2v) is 20.4. The number of hydrogen-bond acceptors (Lipinski definition) is 9. The van der Waals surface area contributed by atoms with Crippen LogP contribution in [-0.2, 0) is 51.2 Å². The van der Waals surface area contributed by atoms with Gasteiger partial charge in [-0.1, -0.05) is 94.0 Å². The number of primary amides is 1.